The second-order valence-corrected chi connectivity index (χ2v) is 1.96. The van der Waals surface area contributed by atoms with Crippen LogP contribution in [0.2, 0.25) is 0 Å². The molecule has 5 heteroatoms. The van der Waals surface area contributed by atoms with Crippen molar-refractivity contribution in [2.24, 2.45) is 5.18 Å². The van der Waals surface area contributed by atoms with Gasteiger partial charge in [-0.2, -0.15) is 0 Å². The lowest BCUT2D eigenvalue weighted by Gasteiger charge is -1.88. The van der Waals surface area contributed by atoms with Crippen molar-refractivity contribution in [1.82, 2.24) is 0 Å². The van der Waals surface area contributed by atoms with Crippen LogP contribution in [-0.2, 0) is 5.04 Å². The predicted molar refractivity (Wildman–Crippen MR) is 34.2 cm³/mol. The smallest absolute Gasteiger partial charge is 0.218 e. The highest BCUT2D eigenvalue weighted by atomic mass is 17.5. The van der Waals surface area contributed by atoms with Crippen molar-refractivity contribution in [3.05, 3.63) is 23.1 Å². The van der Waals surface area contributed by atoms with Gasteiger partial charge in [0.25, 0.3) is 0 Å². The van der Waals surface area contributed by atoms with E-state index in [1.165, 1.54) is 12.1 Å². The fraction of sp³-hybridized carbons (Fsp3) is 0. The minimum absolute atomic E-state index is 0.276. The zero-order valence-electron chi connectivity index (χ0n) is 5.31. The van der Waals surface area contributed by atoms with Crippen molar-refractivity contribution in [3.8, 4) is 11.5 Å². The third kappa shape index (κ3) is 0.908. The third-order valence-corrected chi connectivity index (χ3v) is 1.28. The van der Waals surface area contributed by atoms with E-state index >= 15 is 0 Å². The van der Waals surface area contributed by atoms with E-state index in [9.17, 15) is 4.91 Å². The second kappa shape index (κ2) is 2.21. The van der Waals surface area contributed by atoms with Gasteiger partial charge in [-0.05, 0) is 17.3 Å². The number of hydrogen-bond donors (Lipinski definition) is 0. The fourth-order valence-corrected chi connectivity index (χ4v) is 0.778. The summed E-state index contributed by atoms with van der Waals surface area (Å²) < 4.78 is 0. The Morgan fingerprint density at radius 1 is 1.18 bits per heavy atom. The van der Waals surface area contributed by atoms with Crippen molar-refractivity contribution in [3.63, 3.8) is 0 Å². The number of nitrogens with zero attached hydrogens (tertiary/aromatic N) is 1. The Labute approximate surface area is 61.3 Å². The van der Waals surface area contributed by atoms with Crippen LogP contribution in [0.4, 0.5) is 5.69 Å². The van der Waals surface area contributed by atoms with Gasteiger partial charge in [-0.15, -0.1) is 4.91 Å². The molecular weight excluding hydrogens is 150 g/mol. The van der Waals surface area contributed by atoms with Gasteiger partial charge in [-0.3, -0.25) is 9.78 Å². The van der Waals surface area contributed by atoms with Crippen molar-refractivity contribution in [2.75, 3.05) is 0 Å². The van der Waals surface area contributed by atoms with Crippen molar-refractivity contribution in [2.45, 2.75) is 0 Å². The molecule has 1 aromatic carbocycles. The molecule has 1 aromatic rings. The molecule has 0 amide bonds. The zero-order valence-corrected chi connectivity index (χ0v) is 5.31. The number of benzene rings is 1. The first-order valence-corrected chi connectivity index (χ1v) is 2.89. The molecule has 0 N–H and O–H groups in total. The first-order valence-electron chi connectivity index (χ1n) is 2.89. The summed E-state index contributed by atoms with van der Waals surface area (Å²) in [6, 6.07) is 4.47. The van der Waals surface area contributed by atoms with Gasteiger partial charge >= 0.3 is 0 Å². The lowest BCUT2D eigenvalue weighted by molar-refractivity contribution is -0.384. The van der Waals surface area contributed by atoms with Crippen LogP contribution in [0.15, 0.2) is 23.4 Å². The first kappa shape index (κ1) is 6.11. The molecule has 11 heavy (non-hydrogen) atoms. The van der Waals surface area contributed by atoms with Crippen LogP contribution in [0.3, 0.4) is 0 Å². The molecule has 0 saturated carbocycles. The number of rotatable bonds is 1. The van der Waals surface area contributed by atoms with Gasteiger partial charge in [0, 0.05) is 11.1 Å². The average molecular weight is 153 g/mol. The summed E-state index contributed by atoms with van der Waals surface area (Å²) in [4.78, 5) is 19.1. The van der Waals surface area contributed by atoms with Crippen molar-refractivity contribution in [1.29, 1.82) is 0 Å². The van der Waals surface area contributed by atoms with Gasteiger partial charge < -0.3 is 0 Å². The van der Waals surface area contributed by atoms with Crippen LogP contribution >= 0.6 is 0 Å². The standard InChI is InChI=1S/C6H3NO4/c8-7-4-1-2-5-6(3-4)10-11-9-5/h1-3H. The van der Waals surface area contributed by atoms with Crippen LogP contribution in [0.5, 0.6) is 11.5 Å². The van der Waals surface area contributed by atoms with Crippen LogP contribution in [-0.4, -0.2) is 0 Å². The number of nitroso groups, excluding NO2 is 1. The molecular formula is C6H3NO4. The monoisotopic (exact) mass is 153 g/mol. The van der Waals surface area contributed by atoms with E-state index < -0.39 is 0 Å². The molecule has 0 aliphatic carbocycles. The number of hydrogen-bond acceptors (Lipinski definition) is 5. The lowest BCUT2D eigenvalue weighted by atomic mass is 10.3. The minimum Gasteiger partial charge on any atom is -0.295 e. The van der Waals surface area contributed by atoms with Gasteiger partial charge in [0.15, 0.2) is 0 Å². The molecule has 5 nitrogen and oxygen atoms in total. The highest BCUT2D eigenvalue weighted by Gasteiger charge is 2.16. The second-order valence-electron chi connectivity index (χ2n) is 1.96. The van der Waals surface area contributed by atoms with Crippen LogP contribution in [0.1, 0.15) is 0 Å². The van der Waals surface area contributed by atoms with Crippen LogP contribution in [0.25, 0.3) is 0 Å². The van der Waals surface area contributed by atoms with Gasteiger partial charge in [-0.1, -0.05) is 0 Å². The summed E-state index contributed by atoms with van der Waals surface area (Å²) in [5, 5.41) is 6.88. The topological polar surface area (TPSA) is 57.1 Å². The van der Waals surface area contributed by atoms with Crippen molar-refractivity contribution < 1.29 is 14.8 Å². The summed E-state index contributed by atoms with van der Waals surface area (Å²) in [7, 11) is 0. The molecule has 2 rings (SSSR count). The highest BCUT2D eigenvalue weighted by Crippen LogP contribution is 2.35. The van der Waals surface area contributed by atoms with Gasteiger partial charge in [0.1, 0.15) is 5.69 Å². The molecule has 0 unspecified atom stereocenters. The summed E-state index contributed by atoms with van der Waals surface area (Å²) >= 11 is 0. The van der Waals surface area contributed by atoms with Gasteiger partial charge in [-0.25, -0.2) is 0 Å². The SMILES string of the molecule is O=Nc1ccc2c(c1)OOO2. The van der Waals surface area contributed by atoms with E-state index in [4.69, 9.17) is 0 Å². The molecule has 56 valence electrons. The first-order chi connectivity index (χ1) is 5.40. The highest BCUT2D eigenvalue weighted by molar-refractivity contribution is 5.51. The largest absolute Gasteiger partial charge is 0.295 e. The van der Waals surface area contributed by atoms with Crippen LogP contribution in [0, 0.1) is 4.91 Å². The molecule has 0 bridgehead atoms. The lowest BCUT2D eigenvalue weighted by Crippen LogP contribution is -1.87. The van der Waals surface area contributed by atoms with Crippen LogP contribution < -0.4 is 9.78 Å². The van der Waals surface area contributed by atoms with E-state index in [-0.39, 0.29) is 5.69 Å². The maximum Gasteiger partial charge on any atom is 0.218 e. The summed E-state index contributed by atoms with van der Waals surface area (Å²) in [6.07, 6.45) is 0. The van der Waals surface area contributed by atoms with E-state index in [0.29, 0.717) is 11.5 Å². The van der Waals surface area contributed by atoms with E-state index in [1.54, 1.807) is 6.07 Å². The van der Waals surface area contributed by atoms with E-state index in [0.717, 1.165) is 0 Å². The summed E-state index contributed by atoms with van der Waals surface area (Å²) in [6.45, 7) is 0. The quantitative estimate of drug-likeness (QED) is 0.455. The molecule has 1 aliphatic heterocycles. The molecule has 0 radical (unpaired) electrons. The molecule has 0 atom stereocenters. The zero-order chi connectivity index (χ0) is 7.68. The Balaban J connectivity index is 2.48. The molecule has 0 fully saturated rings. The molecule has 1 heterocycles. The Morgan fingerprint density at radius 2 is 2.00 bits per heavy atom. The van der Waals surface area contributed by atoms with E-state index in [2.05, 4.69) is 20.0 Å². The Hall–Kier alpha value is -1.62. The summed E-state index contributed by atoms with van der Waals surface area (Å²) in [5.74, 6) is 0.805. The maximum absolute atomic E-state index is 10.0. The van der Waals surface area contributed by atoms with Gasteiger partial charge in [0.05, 0.1) is 0 Å². The summed E-state index contributed by atoms with van der Waals surface area (Å²) in [5.41, 5.74) is 0.276. The Kier molecular flexibility index (Phi) is 1.23. The maximum atomic E-state index is 10.0. The molecule has 0 aromatic heterocycles. The average Bonchev–Trinajstić information content (AvgIpc) is 2.50. The Morgan fingerprint density at radius 3 is 2.82 bits per heavy atom. The van der Waals surface area contributed by atoms with E-state index in [1.807, 2.05) is 0 Å². The number of fused-ring (bicyclic) bond motifs is 1. The fourth-order valence-electron chi connectivity index (χ4n) is 0.778. The van der Waals surface area contributed by atoms with Gasteiger partial charge in [0.2, 0.25) is 11.5 Å². The predicted octanol–water partition coefficient (Wildman–Crippen LogP) is 1.70. The van der Waals surface area contributed by atoms with Crippen molar-refractivity contribution >= 4 is 5.69 Å². The molecule has 0 spiro atoms. The Bertz CT molecular complexity index is 299. The molecule has 1 aliphatic rings. The third-order valence-electron chi connectivity index (χ3n) is 1.28. The minimum atomic E-state index is 0.276. The normalized spacial score (nSPS) is 13.1. The molecule has 0 saturated heterocycles.